The molecule has 0 saturated carbocycles. The third-order valence-corrected chi connectivity index (χ3v) is 5.46. The highest BCUT2D eigenvalue weighted by Gasteiger charge is 2.59. The van der Waals surface area contributed by atoms with Crippen molar-refractivity contribution < 1.29 is 4.74 Å². The van der Waals surface area contributed by atoms with Crippen LogP contribution in [0.4, 0.5) is 0 Å². The maximum absolute atomic E-state index is 6.23. The van der Waals surface area contributed by atoms with Gasteiger partial charge in [0.2, 0.25) is 0 Å². The molecule has 2 rings (SSSR count). The summed E-state index contributed by atoms with van der Waals surface area (Å²) in [5.74, 6) is 1.61. The maximum Gasteiger partial charge on any atom is 0.109 e. The summed E-state index contributed by atoms with van der Waals surface area (Å²) >= 11 is 0. The van der Waals surface area contributed by atoms with Gasteiger partial charge in [0.05, 0.1) is 0 Å². The Labute approximate surface area is 99.6 Å². The number of rotatable bonds is 0. The van der Waals surface area contributed by atoms with Gasteiger partial charge in [-0.05, 0) is 32.3 Å². The van der Waals surface area contributed by atoms with E-state index in [1.54, 1.807) is 0 Å². The Morgan fingerprint density at radius 2 is 1.56 bits per heavy atom. The Morgan fingerprint density at radius 3 is 2.12 bits per heavy atom. The highest BCUT2D eigenvalue weighted by atomic mass is 16.5. The molecular weight excluding hydrogens is 196 g/mol. The van der Waals surface area contributed by atoms with Gasteiger partial charge in [-0.2, -0.15) is 0 Å². The van der Waals surface area contributed by atoms with E-state index in [-0.39, 0.29) is 16.4 Å². The minimum atomic E-state index is -0.114. The smallest absolute Gasteiger partial charge is 0.109 e. The Hall–Kier alpha value is -0.720. The summed E-state index contributed by atoms with van der Waals surface area (Å²) in [5.41, 5.74) is 1.68. The lowest BCUT2D eigenvalue weighted by atomic mass is 9.52. The van der Waals surface area contributed by atoms with Crippen LogP contribution in [-0.4, -0.2) is 5.60 Å². The van der Waals surface area contributed by atoms with Gasteiger partial charge in [-0.3, -0.25) is 0 Å². The van der Waals surface area contributed by atoms with E-state index in [0.717, 1.165) is 5.76 Å². The molecule has 0 spiro atoms. The van der Waals surface area contributed by atoms with Crippen LogP contribution in [-0.2, 0) is 4.74 Å². The van der Waals surface area contributed by atoms with Crippen molar-refractivity contribution in [3.8, 4) is 0 Å². The maximum atomic E-state index is 6.23. The lowest BCUT2D eigenvalue weighted by Gasteiger charge is -2.59. The fourth-order valence-electron chi connectivity index (χ4n) is 3.21. The van der Waals surface area contributed by atoms with E-state index in [4.69, 9.17) is 4.74 Å². The number of hydrogen-bond donors (Lipinski definition) is 0. The van der Waals surface area contributed by atoms with Crippen LogP contribution in [0.25, 0.3) is 0 Å². The molecule has 0 amide bonds. The van der Waals surface area contributed by atoms with E-state index < -0.39 is 0 Å². The summed E-state index contributed by atoms with van der Waals surface area (Å²) in [6.07, 6.45) is 4.36. The van der Waals surface area contributed by atoms with Gasteiger partial charge in [0, 0.05) is 11.3 Å². The molecule has 16 heavy (non-hydrogen) atoms. The molecule has 0 radical (unpaired) electrons. The molecule has 90 valence electrons. The molecule has 1 saturated heterocycles. The first-order chi connectivity index (χ1) is 7.11. The lowest BCUT2D eigenvalue weighted by molar-refractivity contribution is -0.178. The van der Waals surface area contributed by atoms with Crippen molar-refractivity contribution in [1.82, 2.24) is 0 Å². The summed E-state index contributed by atoms with van der Waals surface area (Å²) in [4.78, 5) is 0. The van der Waals surface area contributed by atoms with Crippen LogP contribution in [0.5, 0.6) is 0 Å². The van der Waals surface area contributed by atoms with Crippen LogP contribution in [0.15, 0.2) is 23.5 Å². The standard InChI is InChI=1S/C15H24O/c1-10-8-9-11-12(10)13(2,3)14(4,5)15(6,7)16-11/h8-9,12H,1-7H3. The Morgan fingerprint density at radius 1 is 1.00 bits per heavy atom. The highest BCUT2D eigenvalue weighted by molar-refractivity contribution is 5.36. The second-order valence-electron chi connectivity index (χ2n) is 6.87. The average molecular weight is 220 g/mol. The van der Waals surface area contributed by atoms with Crippen LogP contribution < -0.4 is 0 Å². The lowest BCUT2D eigenvalue weighted by Crippen LogP contribution is -2.58. The van der Waals surface area contributed by atoms with E-state index in [0.29, 0.717) is 5.92 Å². The summed E-state index contributed by atoms with van der Waals surface area (Å²) in [7, 11) is 0. The second-order valence-corrected chi connectivity index (χ2v) is 6.87. The van der Waals surface area contributed by atoms with E-state index in [1.165, 1.54) is 5.57 Å². The largest absolute Gasteiger partial charge is 0.491 e. The summed E-state index contributed by atoms with van der Waals surface area (Å²) < 4.78 is 6.23. The van der Waals surface area contributed by atoms with Crippen LogP contribution in [0.1, 0.15) is 48.5 Å². The molecule has 0 aromatic carbocycles. The Balaban J connectivity index is 2.54. The zero-order chi connectivity index (χ0) is 12.4. The monoisotopic (exact) mass is 220 g/mol. The minimum Gasteiger partial charge on any atom is -0.491 e. The summed E-state index contributed by atoms with van der Waals surface area (Å²) in [6, 6.07) is 0. The second kappa shape index (κ2) is 2.94. The first-order valence-corrected chi connectivity index (χ1v) is 6.18. The van der Waals surface area contributed by atoms with Crippen molar-refractivity contribution in [2.24, 2.45) is 16.7 Å². The van der Waals surface area contributed by atoms with Gasteiger partial charge in [0.15, 0.2) is 0 Å². The first-order valence-electron chi connectivity index (χ1n) is 6.18. The minimum absolute atomic E-state index is 0.114. The number of hydrogen-bond acceptors (Lipinski definition) is 1. The van der Waals surface area contributed by atoms with Crippen LogP contribution in [0.3, 0.4) is 0 Å². The van der Waals surface area contributed by atoms with Crippen molar-refractivity contribution in [1.29, 1.82) is 0 Å². The zero-order valence-corrected chi connectivity index (χ0v) is 11.6. The molecule has 0 aromatic rings. The normalized spacial score (nSPS) is 33.6. The van der Waals surface area contributed by atoms with Crippen molar-refractivity contribution in [3.63, 3.8) is 0 Å². The topological polar surface area (TPSA) is 9.23 Å². The van der Waals surface area contributed by atoms with Gasteiger partial charge in [0.1, 0.15) is 11.4 Å². The van der Waals surface area contributed by atoms with Gasteiger partial charge < -0.3 is 4.74 Å². The van der Waals surface area contributed by atoms with Gasteiger partial charge in [0.25, 0.3) is 0 Å². The first kappa shape index (κ1) is 11.8. The predicted molar refractivity (Wildman–Crippen MR) is 68.1 cm³/mol. The molecule has 0 aromatic heterocycles. The molecular formula is C15H24O. The molecule has 1 heterocycles. The van der Waals surface area contributed by atoms with Crippen molar-refractivity contribution >= 4 is 0 Å². The van der Waals surface area contributed by atoms with E-state index >= 15 is 0 Å². The molecule has 0 bridgehead atoms. The highest BCUT2D eigenvalue weighted by Crippen LogP contribution is 2.61. The average Bonchev–Trinajstić information content (AvgIpc) is 2.44. The fraction of sp³-hybridized carbons (Fsp3) is 0.733. The van der Waals surface area contributed by atoms with Gasteiger partial charge >= 0.3 is 0 Å². The van der Waals surface area contributed by atoms with Crippen molar-refractivity contribution in [3.05, 3.63) is 23.5 Å². The molecule has 1 heteroatoms. The predicted octanol–water partition coefficient (Wildman–Crippen LogP) is 4.31. The summed E-state index contributed by atoms with van der Waals surface area (Å²) in [6.45, 7) is 16.0. The molecule has 1 atom stereocenters. The van der Waals surface area contributed by atoms with Gasteiger partial charge in [-0.25, -0.2) is 0 Å². The van der Waals surface area contributed by atoms with E-state index in [1.807, 2.05) is 0 Å². The molecule has 1 fully saturated rings. The molecule has 0 N–H and O–H groups in total. The van der Waals surface area contributed by atoms with Crippen LogP contribution >= 0.6 is 0 Å². The van der Waals surface area contributed by atoms with E-state index in [2.05, 4.69) is 60.6 Å². The Bertz CT molecular complexity index is 380. The molecule has 1 aliphatic carbocycles. The van der Waals surface area contributed by atoms with Crippen molar-refractivity contribution in [2.75, 3.05) is 0 Å². The van der Waals surface area contributed by atoms with E-state index in [9.17, 15) is 0 Å². The van der Waals surface area contributed by atoms with Gasteiger partial charge in [-0.15, -0.1) is 0 Å². The summed E-state index contributed by atoms with van der Waals surface area (Å²) in [5, 5.41) is 0. The zero-order valence-electron chi connectivity index (χ0n) is 11.6. The molecule has 1 unspecified atom stereocenters. The van der Waals surface area contributed by atoms with Crippen LogP contribution in [0, 0.1) is 16.7 Å². The molecule has 2 aliphatic rings. The fourth-order valence-corrected chi connectivity index (χ4v) is 3.21. The molecule has 1 aliphatic heterocycles. The van der Waals surface area contributed by atoms with Crippen LogP contribution in [0.2, 0.25) is 0 Å². The quantitative estimate of drug-likeness (QED) is 0.591. The SMILES string of the molecule is CC1=CC=C2OC(C)(C)C(C)(C)C(C)(C)C12. The third kappa shape index (κ3) is 1.18. The Kier molecular flexibility index (Phi) is 2.16. The third-order valence-electron chi connectivity index (χ3n) is 5.46. The number of ether oxygens (including phenoxy) is 1. The van der Waals surface area contributed by atoms with Gasteiger partial charge in [-0.1, -0.05) is 39.3 Å². The number of allylic oxidation sites excluding steroid dienone is 3. The number of fused-ring (bicyclic) bond motifs is 1. The molecule has 1 nitrogen and oxygen atoms in total. The van der Waals surface area contributed by atoms with Crippen molar-refractivity contribution in [2.45, 2.75) is 54.1 Å².